The minimum absolute atomic E-state index is 0.0679. The summed E-state index contributed by atoms with van der Waals surface area (Å²) in [4.78, 5) is 14.9. The molecule has 2 atom stereocenters. The summed E-state index contributed by atoms with van der Waals surface area (Å²) in [5.74, 6) is 0.293. The molecule has 1 aliphatic heterocycles. The van der Waals surface area contributed by atoms with Crippen molar-refractivity contribution in [2.45, 2.75) is 38.4 Å². The van der Waals surface area contributed by atoms with Gasteiger partial charge in [-0.05, 0) is 37.5 Å². The molecule has 2 unspecified atom stereocenters. The van der Waals surface area contributed by atoms with Gasteiger partial charge in [-0.1, -0.05) is 12.1 Å². The van der Waals surface area contributed by atoms with E-state index in [1.54, 1.807) is 18.2 Å². The summed E-state index contributed by atoms with van der Waals surface area (Å²) in [5.41, 5.74) is 6.37. The molecule has 0 bridgehead atoms. The zero-order valence-electron chi connectivity index (χ0n) is 12.3. The molecule has 2 aliphatic rings. The Morgan fingerprint density at radius 1 is 1.52 bits per heavy atom. The summed E-state index contributed by atoms with van der Waals surface area (Å²) in [6, 6.07) is 7.10. The van der Waals surface area contributed by atoms with Gasteiger partial charge in [0.15, 0.2) is 0 Å². The fourth-order valence-corrected chi connectivity index (χ4v) is 2.84. The molecule has 0 radical (unpaired) electrons. The van der Waals surface area contributed by atoms with Crippen molar-refractivity contribution < 1.29 is 14.6 Å². The van der Waals surface area contributed by atoms with Crippen LogP contribution in [0.1, 0.15) is 25.3 Å². The highest BCUT2D eigenvalue weighted by molar-refractivity contribution is 5.84. The van der Waals surface area contributed by atoms with E-state index >= 15 is 0 Å². The van der Waals surface area contributed by atoms with Crippen molar-refractivity contribution in [2.24, 2.45) is 11.1 Å². The smallest absolute Gasteiger partial charge is 0.233 e. The Morgan fingerprint density at radius 3 is 2.86 bits per heavy atom. The van der Waals surface area contributed by atoms with Crippen LogP contribution in [0.5, 0.6) is 5.75 Å². The maximum atomic E-state index is 13.0. The van der Waals surface area contributed by atoms with Crippen LogP contribution in [0, 0.1) is 5.41 Å². The molecule has 1 amide bonds. The second kappa shape index (κ2) is 5.31. The van der Waals surface area contributed by atoms with Crippen LogP contribution in [0.15, 0.2) is 24.3 Å². The second-order valence-corrected chi connectivity index (χ2v) is 6.37. The lowest BCUT2D eigenvalue weighted by Gasteiger charge is -2.33. The maximum absolute atomic E-state index is 13.0. The first kappa shape index (κ1) is 14.4. The molecule has 1 saturated heterocycles. The van der Waals surface area contributed by atoms with E-state index < -0.39 is 5.41 Å². The third kappa shape index (κ3) is 2.76. The van der Waals surface area contributed by atoms with E-state index in [4.69, 9.17) is 10.5 Å². The molecule has 5 nitrogen and oxygen atoms in total. The minimum Gasteiger partial charge on any atom is -0.508 e. The van der Waals surface area contributed by atoms with Crippen LogP contribution in [0.4, 0.5) is 0 Å². The van der Waals surface area contributed by atoms with Crippen molar-refractivity contribution in [2.75, 3.05) is 13.2 Å². The molecule has 114 valence electrons. The van der Waals surface area contributed by atoms with Gasteiger partial charge in [-0.2, -0.15) is 0 Å². The number of carbonyl (C=O) groups is 1. The third-order valence-corrected chi connectivity index (χ3v) is 4.52. The molecule has 21 heavy (non-hydrogen) atoms. The first-order valence-corrected chi connectivity index (χ1v) is 7.43. The number of rotatable bonds is 4. The molecule has 5 heteroatoms. The predicted octanol–water partition coefficient (Wildman–Crippen LogP) is 1.25. The van der Waals surface area contributed by atoms with Gasteiger partial charge in [0.05, 0.1) is 18.6 Å². The van der Waals surface area contributed by atoms with Crippen LogP contribution in [-0.4, -0.2) is 41.2 Å². The highest BCUT2D eigenvalue weighted by Gasteiger charge is 2.49. The van der Waals surface area contributed by atoms with E-state index in [-0.39, 0.29) is 17.7 Å². The summed E-state index contributed by atoms with van der Waals surface area (Å²) >= 11 is 0. The van der Waals surface area contributed by atoms with Crippen LogP contribution in [-0.2, 0) is 16.1 Å². The first-order chi connectivity index (χ1) is 10.0. The van der Waals surface area contributed by atoms with Gasteiger partial charge in [0, 0.05) is 18.6 Å². The summed E-state index contributed by atoms with van der Waals surface area (Å²) in [6.45, 7) is 3.23. The molecule has 1 aromatic carbocycles. The lowest BCUT2D eigenvalue weighted by Crippen LogP contribution is -2.51. The van der Waals surface area contributed by atoms with Crippen molar-refractivity contribution in [1.82, 2.24) is 4.90 Å². The van der Waals surface area contributed by atoms with E-state index in [2.05, 4.69) is 0 Å². The predicted molar refractivity (Wildman–Crippen MR) is 78.6 cm³/mol. The minimum atomic E-state index is -0.639. The number of amides is 1. The number of phenolic OH excluding ortho intramolecular Hbond substituents is 1. The summed E-state index contributed by atoms with van der Waals surface area (Å²) < 4.78 is 5.40. The zero-order valence-corrected chi connectivity index (χ0v) is 12.3. The molecule has 3 rings (SSSR count). The molecule has 1 heterocycles. The summed E-state index contributed by atoms with van der Waals surface area (Å²) in [6.07, 6.45) is 2.08. The number of ether oxygens (including phenoxy) is 1. The van der Waals surface area contributed by atoms with E-state index in [0.29, 0.717) is 25.8 Å². The Labute approximate surface area is 124 Å². The highest BCUT2D eigenvalue weighted by Crippen LogP contribution is 2.36. The number of aromatic hydroxyl groups is 1. The lowest BCUT2D eigenvalue weighted by molar-refractivity contribution is -0.143. The summed E-state index contributed by atoms with van der Waals surface area (Å²) in [7, 11) is 0. The van der Waals surface area contributed by atoms with Gasteiger partial charge in [-0.25, -0.2) is 0 Å². The Morgan fingerprint density at radius 2 is 2.29 bits per heavy atom. The van der Waals surface area contributed by atoms with Crippen molar-refractivity contribution in [3.05, 3.63) is 29.8 Å². The molecule has 1 aliphatic carbocycles. The van der Waals surface area contributed by atoms with Crippen LogP contribution in [0.2, 0.25) is 0 Å². The number of hydrogen-bond donors (Lipinski definition) is 2. The average molecular weight is 290 g/mol. The second-order valence-electron chi connectivity index (χ2n) is 6.37. The number of nitrogens with zero attached hydrogens (tertiary/aromatic N) is 1. The van der Waals surface area contributed by atoms with Crippen LogP contribution < -0.4 is 5.73 Å². The van der Waals surface area contributed by atoms with Crippen LogP contribution in [0.3, 0.4) is 0 Å². The van der Waals surface area contributed by atoms with E-state index in [9.17, 15) is 9.90 Å². The third-order valence-electron chi connectivity index (χ3n) is 4.52. The van der Waals surface area contributed by atoms with Gasteiger partial charge in [0.2, 0.25) is 5.91 Å². The maximum Gasteiger partial charge on any atom is 0.233 e. The van der Waals surface area contributed by atoms with E-state index in [1.165, 1.54) is 0 Å². The number of benzene rings is 1. The van der Waals surface area contributed by atoms with Gasteiger partial charge in [0.25, 0.3) is 0 Å². The largest absolute Gasteiger partial charge is 0.508 e. The normalized spacial score (nSPS) is 28.6. The van der Waals surface area contributed by atoms with Crippen LogP contribution in [0.25, 0.3) is 0 Å². The van der Waals surface area contributed by atoms with Crippen molar-refractivity contribution >= 4 is 5.91 Å². The monoisotopic (exact) mass is 290 g/mol. The van der Waals surface area contributed by atoms with Gasteiger partial charge < -0.3 is 20.5 Å². The fraction of sp³-hybridized carbons (Fsp3) is 0.562. The highest BCUT2D eigenvalue weighted by atomic mass is 16.5. The van der Waals surface area contributed by atoms with Crippen molar-refractivity contribution in [3.8, 4) is 5.75 Å². The molecule has 0 aromatic heterocycles. The fourth-order valence-electron chi connectivity index (χ4n) is 2.84. The molecule has 1 saturated carbocycles. The first-order valence-electron chi connectivity index (χ1n) is 7.43. The topological polar surface area (TPSA) is 75.8 Å². The Kier molecular flexibility index (Phi) is 3.63. The Balaban J connectivity index is 1.80. The molecule has 1 aromatic rings. The Hall–Kier alpha value is -1.59. The quantitative estimate of drug-likeness (QED) is 0.875. The van der Waals surface area contributed by atoms with Gasteiger partial charge in [0.1, 0.15) is 5.75 Å². The number of carbonyl (C=O) groups excluding carboxylic acids is 1. The molecule has 3 N–H and O–H groups in total. The summed E-state index contributed by atoms with van der Waals surface area (Å²) in [5, 5.41) is 9.58. The number of hydrogen-bond acceptors (Lipinski definition) is 4. The molecular weight excluding hydrogens is 268 g/mol. The molecule has 2 fully saturated rings. The molecule has 0 spiro atoms. The van der Waals surface area contributed by atoms with Gasteiger partial charge in [-0.3, -0.25) is 4.79 Å². The van der Waals surface area contributed by atoms with E-state index in [0.717, 1.165) is 18.4 Å². The van der Waals surface area contributed by atoms with Gasteiger partial charge in [-0.15, -0.1) is 0 Å². The number of phenols is 1. The van der Waals surface area contributed by atoms with Gasteiger partial charge >= 0.3 is 0 Å². The SMILES string of the molecule is CC1(C(=O)N(Cc2cccc(O)c2)C2CC2)COCC1N. The van der Waals surface area contributed by atoms with Crippen molar-refractivity contribution in [1.29, 1.82) is 0 Å². The lowest BCUT2D eigenvalue weighted by atomic mass is 9.84. The van der Waals surface area contributed by atoms with Crippen molar-refractivity contribution in [3.63, 3.8) is 0 Å². The number of nitrogens with two attached hydrogens (primary N) is 1. The van der Waals surface area contributed by atoms with Crippen LogP contribution >= 0.6 is 0 Å². The molecular formula is C16H22N2O3. The Bertz CT molecular complexity index is 544. The average Bonchev–Trinajstić information content (AvgIpc) is 3.23. The zero-order chi connectivity index (χ0) is 15.0. The van der Waals surface area contributed by atoms with E-state index in [1.807, 2.05) is 17.9 Å². The standard InChI is InChI=1S/C16H22N2O3/c1-16(10-21-9-14(16)17)15(20)18(12-5-6-12)8-11-3-2-4-13(19)7-11/h2-4,7,12,14,19H,5-6,8-10,17H2,1H3.